The lowest BCUT2D eigenvalue weighted by Gasteiger charge is -2.36. The summed E-state index contributed by atoms with van der Waals surface area (Å²) < 4.78 is 18.4. The van der Waals surface area contributed by atoms with Crippen LogP contribution in [0.25, 0.3) is 0 Å². The van der Waals surface area contributed by atoms with Crippen molar-refractivity contribution in [2.24, 2.45) is 5.92 Å². The predicted octanol–water partition coefficient (Wildman–Crippen LogP) is 4.03. The van der Waals surface area contributed by atoms with Gasteiger partial charge in [-0.25, -0.2) is 4.39 Å². The highest BCUT2D eigenvalue weighted by Crippen LogP contribution is 2.26. The third kappa shape index (κ3) is 5.95. The number of likely N-dealkylation sites (tertiary alicyclic amines) is 2. The molecule has 1 N–H and O–H groups in total. The first-order chi connectivity index (χ1) is 16.5. The van der Waals surface area contributed by atoms with Gasteiger partial charge < -0.3 is 15.0 Å². The third-order valence-corrected chi connectivity index (χ3v) is 7.05. The van der Waals surface area contributed by atoms with Crippen LogP contribution in [0.1, 0.15) is 54.1 Å². The van der Waals surface area contributed by atoms with E-state index >= 15 is 0 Å². The molecule has 2 heterocycles. The van der Waals surface area contributed by atoms with E-state index in [1.807, 2.05) is 12.1 Å². The Labute approximate surface area is 201 Å². The lowest BCUT2D eigenvalue weighted by atomic mass is 9.95. The molecule has 34 heavy (non-hydrogen) atoms. The van der Waals surface area contributed by atoms with Gasteiger partial charge in [0.05, 0.1) is 13.2 Å². The Morgan fingerprint density at radius 3 is 2.24 bits per heavy atom. The molecule has 0 radical (unpaired) electrons. The van der Waals surface area contributed by atoms with E-state index in [2.05, 4.69) is 22.3 Å². The standard InChI is InChI=1S/C27H34FN3O3/c1-34-24-11-7-20(8-12-24)25(30-15-3-2-4-16-30)19-29-26(32)21-13-17-31(18-14-21)27(33)22-5-9-23(28)10-6-22/h5-12,21,25H,2-4,13-19H2,1H3,(H,29,32). The molecule has 1 atom stereocenters. The quantitative estimate of drug-likeness (QED) is 0.668. The van der Waals surface area contributed by atoms with Crippen molar-refractivity contribution in [3.8, 4) is 5.75 Å². The van der Waals surface area contributed by atoms with Crippen molar-refractivity contribution in [3.63, 3.8) is 0 Å². The van der Waals surface area contributed by atoms with Crippen LogP contribution >= 0.6 is 0 Å². The zero-order chi connectivity index (χ0) is 23.9. The lowest BCUT2D eigenvalue weighted by Crippen LogP contribution is -2.45. The molecular weight excluding hydrogens is 433 g/mol. The number of hydrogen-bond donors (Lipinski definition) is 1. The van der Waals surface area contributed by atoms with Gasteiger partial charge in [-0.3, -0.25) is 14.5 Å². The topological polar surface area (TPSA) is 61.9 Å². The minimum atomic E-state index is -0.357. The smallest absolute Gasteiger partial charge is 0.253 e. The van der Waals surface area contributed by atoms with E-state index in [0.717, 1.165) is 18.8 Å². The third-order valence-electron chi connectivity index (χ3n) is 7.05. The molecule has 2 aromatic carbocycles. The Kier molecular flexibility index (Phi) is 8.16. The van der Waals surface area contributed by atoms with E-state index in [4.69, 9.17) is 4.74 Å². The van der Waals surface area contributed by atoms with Crippen LogP contribution < -0.4 is 10.1 Å². The van der Waals surface area contributed by atoms with Gasteiger partial charge in [0.1, 0.15) is 11.6 Å². The van der Waals surface area contributed by atoms with Crippen LogP contribution in [0, 0.1) is 11.7 Å². The summed E-state index contributed by atoms with van der Waals surface area (Å²) in [6, 6.07) is 13.9. The number of hydrogen-bond acceptors (Lipinski definition) is 4. The van der Waals surface area contributed by atoms with Crippen LogP contribution in [-0.4, -0.2) is 61.4 Å². The summed E-state index contributed by atoms with van der Waals surface area (Å²) in [4.78, 5) is 29.9. The second kappa shape index (κ2) is 11.5. The summed E-state index contributed by atoms with van der Waals surface area (Å²) in [7, 11) is 1.66. The highest BCUT2D eigenvalue weighted by atomic mass is 19.1. The molecular formula is C27H34FN3O3. The summed E-state index contributed by atoms with van der Waals surface area (Å²) in [6.45, 7) is 3.71. The van der Waals surface area contributed by atoms with Gasteiger partial charge in [0.2, 0.25) is 5.91 Å². The molecule has 2 aliphatic rings. The van der Waals surface area contributed by atoms with Crippen LogP contribution in [-0.2, 0) is 4.79 Å². The summed E-state index contributed by atoms with van der Waals surface area (Å²) in [5.74, 6) is 0.319. The van der Waals surface area contributed by atoms with E-state index in [0.29, 0.717) is 38.0 Å². The van der Waals surface area contributed by atoms with Gasteiger partial charge in [0, 0.05) is 31.1 Å². The first-order valence-corrected chi connectivity index (χ1v) is 12.3. The number of carbonyl (C=O) groups is 2. The maximum Gasteiger partial charge on any atom is 0.253 e. The second-order valence-corrected chi connectivity index (χ2v) is 9.20. The normalized spacial score (nSPS) is 18.4. The maximum absolute atomic E-state index is 13.1. The molecule has 0 aromatic heterocycles. The zero-order valence-electron chi connectivity index (χ0n) is 19.8. The van der Waals surface area contributed by atoms with Crippen molar-refractivity contribution in [2.75, 3.05) is 39.8 Å². The van der Waals surface area contributed by atoms with Gasteiger partial charge in [-0.15, -0.1) is 0 Å². The number of piperidine rings is 2. The maximum atomic E-state index is 13.1. The minimum absolute atomic E-state index is 0.0596. The molecule has 2 aromatic rings. The zero-order valence-corrected chi connectivity index (χ0v) is 19.8. The largest absolute Gasteiger partial charge is 0.497 e. The molecule has 0 saturated carbocycles. The van der Waals surface area contributed by atoms with Crippen LogP contribution in [0.4, 0.5) is 4.39 Å². The fourth-order valence-electron chi connectivity index (χ4n) is 4.98. The molecule has 7 heteroatoms. The number of carbonyl (C=O) groups excluding carboxylic acids is 2. The van der Waals surface area contributed by atoms with E-state index in [-0.39, 0.29) is 29.6 Å². The lowest BCUT2D eigenvalue weighted by molar-refractivity contribution is -0.126. The molecule has 2 aliphatic heterocycles. The van der Waals surface area contributed by atoms with Crippen molar-refractivity contribution >= 4 is 11.8 Å². The van der Waals surface area contributed by atoms with Crippen molar-refractivity contribution in [1.82, 2.24) is 15.1 Å². The van der Waals surface area contributed by atoms with E-state index in [1.54, 1.807) is 12.0 Å². The average molecular weight is 468 g/mol. The van der Waals surface area contributed by atoms with Crippen molar-refractivity contribution in [2.45, 2.75) is 38.1 Å². The first kappa shape index (κ1) is 24.2. The number of ether oxygens (including phenoxy) is 1. The second-order valence-electron chi connectivity index (χ2n) is 9.20. The van der Waals surface area contributed by atoms with Crippen LogP contribution in [0.5, 0.6) is 5.75 Å². The number of amides is 2. The van der Waals surface area contributed by atoms with Gasteiger partial charge in [-0.2, -0.15) is 0 Å². The molecule has 2 fully saturated rings. The predicted molar refractivity (Wildman–Crippen MR) is 129 cm³/mol. The van der Waals surface area contributed by atoms with Gasteiger partial charge in [-0.05, 0) is 80.7 Å². The average Bonchev–Trinajstić information content (AvgIpc) is 2.90. The summed E-state index contributed by atoms with van der Waals surface area (Å²) >= 11 is 0. The van der Waals surface area contributed by atoms with Gasteiger partial charge >= 0.3 is 0 Å². The molecule has 0 aliphatic carbocycles. The number of rotatable bonds is 7. The highest BCUT2D eigenvalue weighted by molar-refractivity contribution is 5.94. The van der Waals surface area contributed by atoms with E-state index in [9.17, 15) is 14.0 Å². The van der Waals surface area contributed by atoms with Gasteiger partial charge in [0.25, 0.3) is 5.91 Å². The highest BCUT2D eigenvalue weighted by Gasteiger charge is 2.29. The molecule has 0 bridgehead atoms. The Hall–Kier alpha value is -2.93. The van der Waals surface area contributed by atoms with Crippen LogP contribution in [0.2, 0.25) is 0 Å². The number of methoxy groups -OCH3 is 1. The molecule has 2 saturated heterocycles. The summed E-state index contributed by atoms with van der Waals surface area (Å²) in [6.07, 6.45) is 4.89. The summed E-state index contributed by atoms with van der Waals surface area (Å²) in [5.41, 5.74) is 1.66. The molecule has 182 valence electrons. The summed E-state index contributed by atoms with van der Waals surface area (Å²) in [5, 5.41) is 3.20. The molecule has 2 amide bonds. The van der Waals surface area contributed by atoms with E-state index < -0.39 is 0 Å². The van der Waals surface area contributed by atoms with Gasteiger partial charge in [0.15, 0.2) is 0 Å². The monoisotopic (exact) mass is 467 g/mol. The Bertz CT molecular complexity index is 950. The Morgan fingerprint density at radius 1 is 0.971 bits per heavy atom. The van der Waals surface area contributed by atoms with Crippen molar-refractivity contribution in [1.29, 1.82) is 0 Å². The number of nitrogens with one attached hydrogen (secondary N) is 1. The van der Waals surface area contributed by atoms with Crippen molar-refractivity contribution < 1.29 is 18.7 Å². The molecule has 0 spiro atoms. The van der Waals surface area contributed by atoms with E-state index in [1.165, 1.54) is 49.1 Å². The van der Waals surface area contributed by atoms with Gasteiger partial charge in [-0.1, -0.05) is 18.6 Å². The molecule has 6 nitrogen and oxygen atoms in total. The fraction of sp³-hybridized carbons (Fsp3) is 0.481. The van der Waals surface area contributed by atoms with Crippen molar-refractivity contribution in [3.05, 3.63) is 65.5 Å². The Balaban J connectivity index is 1.32. The SMILES string of the molecule is COc1ccc(C(CNC(=O)C2CCN(C(=O)c3ccc(F)cc3)CC2)N2CCCCC2)cc1. The first-order valence-electron chi connectivity index (χ1n) is 12.3. The number of benzene rings is 2. The molecule has 4 rings (SSSR count). The Morgan fingerprint density at radius 2 is 1.62 bits per heavy atom. The molecule has 1 unspecified atom stereocenters. The fourth-order valence-corrected chi connectivity index (χ4v) is 4.98. The minimum Gasteiger partial charge on any atom is -0.497 e. The number of halogens is 1. The van der Waals surface area contributed by atoms with Crippen LogP contribution in [0.15, 0.2) is 48.5 Å². The van der Waals surface area contributed by atoms with Crippen LogP contribution in [0.3, 0.4) is 0 Å². The number of nitrogens with zero attached hydrogens (tertiary/aromatic N) is 2.